The highest BCUT2D eigenvalue weighted by atomic mass is 79.9. The number of nitrogens with zero attached hydrogens (tertiary/aromatic N) is 1. The van der Waals surface area contributed by atoms with Gasteiger partial charge >= 0.3 is 0 Å². The van der Waals surface area contributed by atoms with E-state index in [1.54, 1.807) is 4.57 Å². The number of fused-ring (bicyclic) bond motifs is 1. The third-order valence-corrected chi connectivity index (χ3v) is 4.18. The highest BCUT2D eigenvalue weighted by molar-refractivity contribution is 9.10. The molecule has 0 radical (unpaired) electrons. The van der Waals surface area contributed by atoms with Crippen molar-refractivity contribution in [3.8, 4) is 5.69 Å². The molecule has 0 bridgehead atoms. The first-order chi connectivity index (χ1) is 10.0. The number of rotatable bonds is 2. The van der Waals surface area contributed by atoms with Gasteiger partial charge in [-0.3, -0.25) is 4.57 Å². The maximum absolute atomic E-state index is 14.2. The quantitative estimate of drug-likeness (QED) is 0.609. The predicted octanol–water partition coefficient (Wildman–Crippen LogP) is 5.29. The van der Waals surface area contributed by atoms with Gasteiger partial charge in [0.05, 0.1) is 11.2 Å². The molecule has 0 aliphatic carbocycles. The van der Waals surface area contributed by atoms with Gasteiger partial charge in [-0.15, -0.1) is 0 Å². The molecule has 1 N–H and O–H groups in total. The lowest BCUT2D eigenvalue weighted by Crippen LogP contribution is -2.01. The first-order valence-corrected chi connectivity index (χ1v) is 7.60. The topological polar surface area (TPSA) is 20.7 Å². The van der Waals surface area contributed by atoms with E-state index in [0.717, 1.165) is 28.2 Å². The summed E-state index contributed by atoms with van der Waals surface area (Å²) in [6.45, 7) is 2.00. The summed E-state index contributed by atoms with van der Waals surface area (Å²) >= 11 is 8.70. The molecule has 0 atom stereocenters. The van der Waals surface area contributed by atoms with Crippen LogP contribution in [0.5, 0.6) is 0 Å². The molecule has 0 saturated heterocycles. The molecule has 6 heteroatoms. The van der Waals surface area contributed by atoms with Gasteiger partial charge in [-0.1, -0.05) is 22.9 Å². The normalized spacial score (nSPS) is 11.2. The fourth-order valence-corrected chi connectivity index (χ4v) is 3.13. The molecule has 2 nitrogen and oxygen atoms in total. The molecule has 0 aliphatic rings. The van der Waals surface area contributed by atoms with Crippen LogP contribution in [0.15, 0.2) is 34.8 Å². The molecular weight excluding hydrogens is 358 g/mol. The molecule has 1 aromatic heterocycles. The van der Waals surface area contributed by atoms with Crippen molar-refractivity contribution >= 4 is 39.2 Å². The van der Waals surface area contributed by atoms with Gasteiger partial charge in [0.25, 0.3) is 0 Å². The molecule has 0 unspecified atom stereocenters. The maximum atomic E-state index is 14.2. The number of hydrogen-bond donors (Lipinski definition) is 1. The van der Waals surface area contributed by atoms with E-state index in [-0.39, 0.29) is 5.52 Å². The molecule has 0 amide bonds. The summed E-state index contributed by atoms with van der Waals surface area (Å²) in [6, 6.07) is 8.23. The number of hydrogen-bond acceptors (Lipinski definition) is 1. The highest BCUT2D eigenvalue weighted by Crippen LogP contribution is 2.27. The van der Waals surface area contributed by atoms with Crippen LogP contribution in [0, 0.1) is 16.4 Å². The number of H-pyrrole nitrogens is 1. The second kappa shape index (κ2) is 5.35. The average Bonchev–Trinajstić information content (AvgIpc) is 2.80. The van der Waals surface area contributed by atoms with E-state index in [4.69, 9.17) is 12.2 Å². The monoisotopic (exact) mass is 368 g/mol. The Morgan fingerprint density at radius 1 is 1.24 bits per heavy atom. The van der Waals surface area contributed by atoms with E-state index >= 15 is 0 Å². The minimum Gasteiger partial charge on any atom is -0.330 e. The van der Waals surface area contributed by atoms with Crippen molar-refractivity contribution < 1.29 is 8.78 Å². The van der Waals surface area contributed by atoms with Crippen molar-refractivity contribution in [3.63, 3.8) is 0 Å². The van der Waals surface area contributed by atoms with Gasteiger partial charge in [-0.25, -0.2) is 8.78 Å². The van der Waals surface area contributed by atoms with Crippen LogP contribution in [-0.4, -0.2) is 9.55 Å². The van der Waals surface area contributed by atoms with E-state index < -0.39 is 11.6 Å². The van der Waals surface area contributed by atoms with Gasteiger partial charge in [-0.05, 0) is 54.5 Å². The Labute approximate surface area is 133 Å². The van der Waals surface area contributed by atoms with Crippen molar-refractivity contribution in [2.45, 2.75) is 13.3 Å². The van der Waals surface area contributed by atoms with E-state index in [0.29, 0.717) is 10.3 Å². The van der Waals surface area contributed by atoms with Gasteiger partial charge in [0.15, 0.2) is 16.4 Å². The lowest BCUT2D eigenvalue weighted by molar-refractivity contribution is 0.514. The van der Waals surface area contributed by atoms with Crippen LogP contribution < -0.4 is 0 Å². The van der Waals surface area contributed by atoms with E-state index in [2.05, 4.69) is 20.9 Å². The Morgan fingerprint density at radius 3 is 2.71 bits per heavy atom. The smallest absolute Gasteiger partial charge is 0.184 e. The molecule has 108 valence electrons. The van der Waals surface area contributed by atoms with Gasteiger partial charge in [-0.2, -0.15) is 0 Å². The number of aryl methyl sites for hydroxylation is 1. The first-order valence-electron chi connectivity index (χ1n) is 6.40. The van der Waals surface area contributed by atoms with Crippen LogP contribution >= 0.6 is 28.1 Å². The molecule has 0 saturated carbocycles. The molecule has 3 aromatic rings. The predicted molar refractivity (Wildman–Crippen MR) is 85.5 cm³/mol. The van der Waals surface area contributed by atoms with Crippen LogP contribution in [0.3, 0.4) is 0 Å². The number of aromatic amines is 1. The van der Waals surface area contributed by atoms with Crippen molar-refractivity contribution in [2.24, 2.45) is 0 Å². The van der Waals surface area contributed by atoms with Gasteiger partial charge in [0.2, 0.25) is 0 Å². The fourth-order valence-electron chi connectivity index (χ4n) is 2.42. The second-order valence-corrected chi connectivity index (χ2v) is 5.95. The van der Waals surface area contributed by atoms with Gasteiger partial charge in [0.1, 0.15) is 5.52 Å². The number of nitrogens with one attached hydrogen (secondary N) is 1. The first kappa shape index (κ1) is 14.4. The summed E-state index contributed by atoms with van der Waals surface area (Å²) in [5, 5.41) is 0. The van der Waals surface area contributed by atoms with Crippen molar-refractivity contribution in [1.82, 2.24) is 9.55 Å². The zero-order valence-electron chi connectivity index (χ0n) is 11.1. The minimum atomic E-state index is -0.898. The summed E-state index contributed by atoms with van der Waals surface area (Å²) in [6.07, 6.45) is 0.750. The standard InChI is InChI=1S/C15H11BrF2N2S/c1-2-8-7-9(16)3-6-12(8)20-14-11(19-15(20)21)5-4-10(17)13(14)18/h3-7H,2H2,1H3,(H,19,21). The lowest BCUT2D eigenvalue weighted by atomic mass is 10.1. The van der Waals surface area contributed by atoms with Crippen molar-refractivity contribution in [1.29, 1.82) is 0 Å². The summed E-state index contributed by atoms with van der Waals surface area (Å²) in [5.74, 6) is -1.79. The summed E-state index contributed by atoms with van der Waals surface area (Å²) in [4.78, 5) is 2.92. The summed E-state index contributed by atoms with van der Waals surface area (Å²) < 4.78 is 30.6. The average molecular weight is 369 g/mol. The zero-order chi connectivity index (χ0) is 15.1. The van der Waals surface area contributed by atoms with Crippen molar-refractivity contribution in [2.75, 3.05) is 0 Å². The Hall–Kier alpha value is -1.53. The van der Waals surface area contributed by atoms with Crippen LogP contribution in [0.1, 0.15) is 12.5 Å². The highest BCUT2D eigenvalue weighted by Gasteiger charge is 2.16. The Morgan fingerprint density at radius 2 is 2.00 bits per heavy atom. The second-order valence-electron chi connectivity index (χ2n) is 4.65. The third-order valence-electron chi connectivity index (χ3n) is 3.40. The molecule has 21 heavy (non-hydrogen) atoms. The number of benzene rings is 2. The lowest BCUT2D eigenvalue weighted by Gasteiger charge is -2.11. The molecular formula is C15H11BrF2N2S. The molecule has 0 fully saturated rings. The van der Waals surface area contributed by atoms with Crippen LogP contribution in [0.4, 0.5) is 8.78 Å². The minimum absolute atomic E-state index is 0.136. The molecule has 1 heterocycles. The van der Waals surface area contributed by atoms with Gasteiger partial charge in [0, 0.05) is 4.47 Å². The largest absolute Gasteiger partial charge is 0.330 e. The number of aromatic nitrogens is 2. The third kappa shape index (κ3) is 2.32. The van der Waals surface area contributed by atoms with E-state index in [9.17, 15) is 8.78 Å². The summed E-state index contributed by atoms with van der Waals surface area (Å²) in [7, 11) is 0. The Kier molecular flexibility index (Phi) is 3.67. The SMILES string of the molecule is CCc1cc(Br)ccc1-n1c(=S)[nH]c2ccc(F)c(F)c21. The fraction of sp³-hybridized carbons (Fsp3) is 0.133. The van der Waals surface area contributed by atoms with Crippen molar-refractivity contribution in [3.05, 3.63) is 56.8 Å². The van der Waals surface area contributed by atoms with Crippen LogP contribution in [0.2, 0.25) is 0 Å². The van der Waals surface area contributed by atoms with Gasteiger partial charge < -0.3 is 4.98 Å². The zero-order valence-corrected chi connectivity index (χ0v) is 13.5. The van der Waals surface area contributed by atoms with Crippen LogP contribution in [0.25, 0.3) is 16.7 Å². The van der Waals surface area contributed by atoms with E-state index in [1.807, 2.05) is 25.1 Å². The number of imidazole rings is 1. The number of halogens is 3. The molecule has 3 rings (SSSR count). The molecule has 0 spiro atoms. The maximum Gasteiger partial charge on any atom is 0.184 e. The van der Waals surface area contributed by atoms with E-state index in [1.165, 1.54) is 6.07 Å². The summed E-state index contributed by atoms with van der Waals surface area (Å²) in [5.41, 5.74) is 2.35. The Bertz CT molecular complexity index is 899. The Balaban J connectivity index is 2.43. The molecule has 2 aromatic carbocycles. The van der Waals surface area contributed by atoms with Crippen LogP contribution in [-0.2, 0) is 6.42 Å². The molecule has 0 aliphatic heterocycles.